The van der Waals surface area contributed by atoms with Crippen LogP contribution in [-0.4, -0.2) is 24.0 Å². The summed E-state index contributed by atoms with van der Waals surface area (Å²) in [6.45, 7) is 5.02. The molecule has 1 aliphatic carbocycles. The fourth-order valence-corrected chi connectivity index (χ4v) is 2.38. The summed E-state index contributed by atoms with van der Waals surface area (Å²) in [5.41, 5.74) is 0. The largest absolute Gasteiger partial charge is 0.300 e. The van der Waals surface area contributed by atoms with Crippen molar-refractivity contribution in [3.05, 3.63) is 0 Å². The minimum atomic E-state index is 1.00. The van der Waals surface area contributed by atoms with Crippen molar-refractivity contribution in [3.8, 4) is 0 Å². The minimum Gasteiger partial charge on any atom is -0.300 e. The van der Waals surface area contributed by atoms with Gasteiger partial charge in [0.1, 0.15) is 0 Å². The quantitative estimate of drug-likeness (QED) is 0.601. The van der Waals surface area contributed by atoms with Gasteiger partial charge in [-0.05, 0) is 44.7 Å². The average Bonchev–Trinajstić information content (AvgIpc) is 1.89. The molecule has 0 aromatic rings. The highest BCUT2D eigenvalue weighted by molar-refractivity contribution is 4.91. The molecule has 0 N–H and O–H groups in total. The van der Waals surface area contributed by atoms with Crippen LogP contribution in [0.15, 0.2) is 0 Å². The van der Waals surface area contributed by atoms with Gasteiger partial charge in [0, 0.05) is 6.04 Å². The van der Waals surface area contributed by atoms with E-state index >= 15 is 0 Å². The van der Waals surface area contributed by atoms with Crippen molar-refractivity contribution in [3.63, 3.8) is 0 Å². The summed E-state index contributed by atoms with van der Waals surface area (Å²) in [5, 5.41) is 0. The molecule has 2 fully saturated rings. The van der Waals surface area contributed by atoms with Crippen LogP contribution in [0.5, 0.6) is 0 Å². The molecule has 0 spiro atoms. The molecule has 0 aromatic carbocycles. The number of rotatable bonds is 3. The van der Waals surface area contributed by atoms with Crippen molar-refractivity contribution in [2.24, 2.45) is 5.92 Å². The third-order valence-electron chi connectivity index (χ3n) is 3.39. The van der Waals surface area contributed by atoms with Crippen molar-refractivity contribution in [2.75, 3.05) is 13.1 Å². The van der Waals surface area contributed by atoms with E-state index in [1.54, 1.807) is 0 Å². The van der Waals surface area contributed by atoms with E-state index in [4.69, 9.17) is 0 Å². The van der Waals surface area contributed by atoms with E-state index < -0.39 is 0 Å². The van der Waals surface area contributed by atoms with Crippen LogP contribution in [0.1, 0.15) is 39.0 Å². The average molecular weight is 153 g/mol. The Hall–Kier alpha value is -0.0400. The van der Waals surface area contributed by atoms with Gasteiger partial charge in [0.05, 0.1) is 0 Å². The van der Waals surface area contributed by atoms with Gasteiger partial charge in [-0.2, -0.15) is 0 Å². The van der Waals surface area contributed by atoms with Crippen molar-refractivity contribution < 1.29 is 0 Å². The maximum absolute atomic E-state index is 2.68. The summed E-state index contributed by atoms with van der Waals surface area (Å²) in [4.78, 5) is 2.68. The monoisotopic (exact) mass is 153 g/mol. The highest BCUT2D eigenvalue weighted by Gasteiger charge is 2.36. The molecule has 2 aliphatic rings. The molecule has 0 amide bonds. The molecule has 0 radical (unpaired) electrons. The standard InChI is InChI=1S/C10H19N/c1-2-7-11-8-6-10(11)9-4-3-5-9/h9-10H,2-8H2,1H3. The van der Waals surface area contributed by atoms with Crippen LogP contribution in [0, 0.1) is 5.92 Å². The Morgan fingerprint density at radius 3 is 2.45 bits per heavy atom. The van der Waals surface area contributed by atoms with E-state index in [9.17, 15) is 0 Å². The summed E-state index contributed by atoms with van der Waals surface area (Å²) in [6, 6.07) is 1.00. The van der Waals surface area contributed by atoms with Crippen molar-refractivity contribution in [2.45, 2.75) is 45.1 Å². The SMILES string of the molecule is CCCN1CCC1C1CCC1. The van der Waals surface area contributed by atoms with Crippen LogP contribution < -0.4 is 0 Å². The molecule has 1 saturated carbocycles. The predicted octanol–water partition coefficient (Wildman–Crippen LogP) is 2.27. The lowest BCUT2D eigenvalue weighted by molar-refractivity contribution is 0.0146. The topological polar surface area (TPSA) is 3.24 Å². The lowest BCUT2D eigenvalue weighted by Gasteiger charge is -2.48. The third-order valence-corrected chi connectivity index (χ3v) is 3.39. The Kier molecular flexibility index (Phi) is 2.17. The van der Waals surface area contributed by atoms with Crippen LogP contribution in [0.2, 0.25) is 0 Å². The van der Waals surface area contributed by atoms with Crippen molar-refractivity contribution in [1.82, 2.24) is 4.90 Å². The smallest absolute Gasteiger partial charge is 0.0136 e. The maximum Gasteiger partial charge on any atom is 0.0136 e. The lowest BCUT2D eigenvalue weighted by Crippen LogP contribution is -2.53. The van der Waals surface area contributed by atoms with E-state index in [0.29, 0.717) is 0 Å². The Labute approximate surface area is 69.8 Å². The van der Waals surface area contributed by atoms with Crippen LogP contribution >= 0.6 is 0 Å². The fourth-order valence-electron chi connectivity index (χ4n) is 2.38. The molecule has 1 nitrogen and oxygen atoms in total. The van der Waals surface area contributed by atoms with Gasteiger partial charge in [0.25, 0.3) is 0 Å². The molecule has 2 rings (SSSR count). The lowest BCUT2D eigenvalue weighted by atomic mass is 9.75. The summed E-state index contributed by atoms with van der Waals surface area (Å²) < 4.78 is 0. The van der Waals surface area contributed by atoms with Gasteiger partial charge < -0.3 is 4.90 Å². The van der Waals surface area contributed by atoms with Crippen LogP contribution in [0.25, 0.3) is 0 Å². The van der Waals surface area contributed by atoms with Crippen molar-refractivity contribution >= 4 is 0 Å². The Bertz CT molecular complexity index is 129. The molecular formula is C10H19N. The van der Waals surface area contributed by atoms with Gasteiger partial charge in [0.15, 0.2) is 0 Å². The molecule has 0 aromatic heterocycles. The van der Waals surface area contributed by atoms with Gasteiger partial charge >= 0.3 is 0 Å². The van der Waals surface area contributed by atoms with E-state index in [-0.39, 0.29) is 0 Å². The third kappa shape index (κ3) is 1.31. The summed E-state index contributed by atoms with van der Waals surface area (Å²) in [5.74, 6) is 1.09. The van der Waals surface area contributed by atoms with Crippen LogP contribution in [0.4, 0.5) is 0 Å². The van der Waals surface area contributed by atoms with E-state index in [1.165, 1.54) is 45.2 Å². The second-order valence-corrected chi connectivity index (χ2v) is 4.08. The molecule has 11 heavy (non-hydrogen) atoms. The van der Waals surface area contributed by atoms with Crippen LogP contribution in [-0.2, 0) is 0 Å². The minimum absolute atomic E-state index is 1.00. The summed E-state index contributed by atoms with van der Waals surface area (Å²) in [6.07, 6.45) is 7.37. The molecule has 1 saturated heterocycles. The predicted molar refractivity (Wildman–Crippen MR) is 47.6 cm³/mol. The normalized spacial score (nSPS) is 33.0. The molecule has 64 valence electrons. The first-order chi connectivity index (χ1) is 5.42. The molecule has 1 unspecified atom stereocenters. The van der Waals surface area contributed by atoms with Gasteiger partial charge in [-0.1, -0.05) is 13.3 Å². The molecular weight excluding hydrogens is 134 g/mol. The Morgan fingerprint density at radius 1 is 1.27 bits per heavy atom. The molecule has 1 heteroatoms. The number of hydrogen-bond donors (Lipinski definition) is 0. The molecule has 0 bridgehead atoms. The second kappa shape index (κ2) is 3.14. The number of hydrogen-bond acceptors (Lipinski definition) is 1. The fraction of sp³-hybridized carbons (Fsp3) is 1.00. The van der Waals surface area contributed by atoms with Gasteiger partial charge in [-0.15, -0.1) is 0 Å². The first-order valence-electron chi connectivity index (χ1n) is 5.16. The van der Waals surface area contributed by atoms with Crippen molar-refractivity contribution in [1.29, 1.82) is 0 Å². The highest BCUT2D eigenvalue weighted by Crippen LogP contribution is 2.37. The van der Waals surface area contributed by atoms with Gasteiger partial charge in [-0.3, -0.25) is 0 Å². The number of nitrogens with zero attached hydrogens (tertiary/aromatic N) is 1. The molecule has 1 aliphatic heterocycles. The Morgan fingerprint density at radius 2 is 2.09 bits per heavy atom. The van der Waals surface area contributed by atoms with Gasteiger partial charge in [-0.25, -0.2) is 0 Å². The zero-order valence-electron chi connectivity index (χ0n) is 7.55. The van der Waals surface area contributed by atoms with Gasteiger partial charge in [0.2, 0.25) is 0 Å². The maximum atomic E-state index is 2.68. The van der Waals surface area contributed by atoms with Crippen LogP contribution in [0.3, 0.4) is 0 Å². The van der Waals surface area contributed by atoms with E-state index in [1.807, 2.05) is 0 Å². The first-order valence-corrected chi connectivity index (χ1v) is 5.16. The summed E-state index contributed by atoms with van der Waals surface area (Å²) >= 11 is 0. The highest BCUT2D eigenvalue weighted by atomic mass is 15.2. The summed E-state index contributed by atoms with van der Waals surface area (Å²) in [7, 11) is 0. The number of likely N-dealkylation sites (tertiary alicyclic amines) is 1. The zero-order chi connectivity index (χ0) is 7.68. The first kappa shape index (κ1) is 7.60. The zero-order valence-corrected chi connectivity index (χ0v) is 7.55. The second-order valence-electron chi connectivity index (χ2n) is 4.08. The Balaban J connectivity index is 1.76. The van der Waals surface area contributed by atoms with E-state index in [0.717, 1.165) is 12.0 Å². The molecule has 1 atom stereocenters. The molecule has 1 heterocycles. The van der Waals surface area contributed by atoms with E-state index in [2.05, 4.69) is 11.8 Å².